The molecule has 0 atom stereocenters. The van der Waals surface area contributed by atoms with E-state index in [2.05, 4.69) is 10.6 Å². The predicted molar refractivity (Wildman–Crippen MR) is 130 cm³/mol. The first kappa shape index (κ1) is 23.9. The highest BCUT2D eigenvalue weighted by molar-refractivity contribution is 6.30. The highest BCUT2D eigenvalue weighted by Gasteiger charge is 2.23. The summed E-state index contributed by atoms with van der Waals surface area (Å²) in [6.45, 7) is 1.98. The normalized spacial score (nSPS) is 13.0. The Morgan fingerprint density at radius 2 is 1.79 bits per heavy atom. The lowest BCUT2D eigenvalue weighted by Crippen LogP contribution is -2.38. The third-order valence-corrected chi connectivity index (χ3v) is 5.62. The summed E-state index contributed by atoms with van der Waals surface area (Å²) in [5.41, 5.74) is 1.65. The molecule has 0 saturated heterocycles. The number of carbonyl (C=O) groups is 2. The Balaban J connectivity index is 1.28. The van der Waals surface area contributed by atoms with E-state index in [4.69, 9.17) is 20.8 Å². The molecule has 1 aromatic heterocycles. The zero-order chi connectivity index (χ0) is 23.8. The fourth-order valence-corrected chi connectivity index (χ4v) is 3.58. The van der Waals surface area contributed by atoms with Crippen molar-refractivity contribution in [2.75, 3.05) is 19.7 Å². The number of hydrogen-bond acceptors (Lipinski definition) is 5. The Morgan fingerprint density at radius 1 is 1.03 bits per heavy atom. The molecule has 0 radical (unpaired) electrons. The number of hydrogen-bond donors (Lipinski definition) is 2. The quantitative estimate of drug-likeness (QED) is 0.382. The highest BCUT2D eigenvalue weighted by Crippen LogP contribution is 2.20. The van der Waals surface area contributed by atoms with E-state index in [1.807, 2.05) is 41.3 Å². The smallest absolute Gasteiger partial charge is 0.251 e. The number of nitrogens with one attached hydrogen (secondary N) is 2. The molecule has 2 N–H and O–H groups in total. The second-order valence-corrected chi connectivity index (χ2v) is 8.76. The number of amides is 2. The first-order valence-corrected chi connectivity index (χ1v) is 11.7. The van der Waals surface area contributed by atoms with E-state index >= 15 is 0 Å². The molecule has 178 valence electrons. The van der Waals surface area contributed by atoms with Gasteiger partial charge in [-0.1, -0.05) is 23.7 Å². The molecular weight excluding hydrogens is 454 g/mol. The molecule has 0 aliphatic heterocycles. The van der Waals surface area contributed by atoms with Gasteiger partial charge in [0.1, 0.15) is 18.1 Å². The van der Waals surface area contributed by atoms with Crippen molar-refractivity contribution in [2.45, 2.75) is 32.0 Å². The summed E-state index contributed by atoms with van der Waals surface area (Å²) >= 11 is 5.87. The van der Waals surface area contributed by atoms with Crippen LogP contribution in [0.2, 0.25) is 5.02 Å². The predicted octanol–water partition coefficient (Wildman–Crippen LogP) is 4.02. The number of nitrogens with zero attached hydrogens (tertiary/aromatic N) is 1. The zero-order valence-corrected chi connectivity index (χ0v) is 19.6. The second-order valence-electron chi connectivity index (χ2n) is 8.32. The Bertz CT molecular complexity index is 1060. The van der Waals surface area contributed by atoms with Gasteiger partial charge < -0.3 is 19.8 Å². The molecule has 1 fully saturated rings. The number of furan rings is 1. The summed E-state index contributed by atoms with van der Waals surface area (Å²) in [6, 6.07) is 18.6. The maximum absolute atomic E-state index is 12.6. The van der Waals surface area contributed by atoms with Crippen LogP contribution in [0.3, 0.4) is 0 Å². The summed E-state index contributed by atoms with van der Waals surface area (Å²) in [5.74, 6) is 1.33. The Hall–Kier alpha value is -3.29. The number of benzene rings is 2. The van der Waals surface area contributed by atoms with Crippen molar-refractivity contribution in [3.8, 4) is 5.75 Å². The molecular formula is C26H28ClN3O4. The summed E-state index contributed by atoms with van der Waals surface area (Å²) in [5, 5.41) is 6.53. The standard InChI is InChI=1S/C26H28ClN3O4/c27-21-7-11-23(12-8-21)34-15-13-28-25(31)18-30(17-24-2-1-14-33-24)16-19-3-5-20(6-4-19)26(32)29-22-9-10-22/h1-8,11-12,14,22H,9-10,13,15-18H2,(H,28,31)(H,29,32). The maximum Gasteiger partial charge on any atom is 0.251 e. The number of carbonyl (C=O) groups excluding carboxylic acids is 2. The van der Waals surface area contributed by atoms with E-state index in [1.54, 1.807) is 30.5 Å². The number of halogens is 1. The Kier molecular flexibility index (Phi) is 8.22. The van der Waals surface area contributed by atoms with Gasteiger partial charge in [-0.05, 0) is 66.9 Å². The van der Waals surface area contributed by atoms with Gasteiger partial charge in [0.25, 0.3) is 5.91 Å². The molecule has 2 amide bonds. The van der Waals surface area contributed by atoms with E-state index in [0.29, 0.717) is 48.6 Å². The van der Waals surface area contributed by atoms with Crippen LogP contribution < -0.4 is 15.4 Å². The molecule has 0 unspecified atom stereocenters. The van der Waals surface area contributed by atoms with Crippen LogP contribution in [0.4, 0.5) is 0 Å². The van der Waals surface area contributed by atoms with Crippen LogP contribution in [-0.2, 0) is 17.9 Å². The van der Waals surface area contributed by atoms with Gasteiger partial charge in [-0.2, -0.15) is 0 Å². The summed E-state index contributed by atoms with van der Waals surface area (Å²) in [7, 11) is 0. The van der Waals surface area contributed by atoms with Gasteiger partial charge in [0.2, 0.25) is 5.91 Å². The minimum Gasteiger partial charge on any atom is -0.492 e. The van der Waals surface area contributed by atoms with E-state index in [1.165, 1.54) is 0 Å². The molecule has 1 aliphatic carbocycles. The molecule has 1 heterocycles. The van der Waals surface area contributed by atoms with Crippen LogP contribution in [0.25, 0.3) is 0 Å². The molecule has 1 aliphatic rings. The monoisotopic (exact) mass is 481 g/mol. The van der Waals surface area contributed by atoms with Crippen molar-refractivity contribution in [3.63, 3.8) is 0 Å². The van der Waals surface area contributed by atoms with Crippen molar-refractivity contribution in [1.82, 2.24) is 15.5 Å². The van der Waals surface area contributed by atoms with Crippen LogP contribution >= 0.6 is 11.6 Å². The van der Waals surface area contributed by atoms with Crippen LogP contribution in [0.5, 0.6) is 5.75 Å². The number of ether oxygens (including phenoxy) is 1. The molecule has 1 saturated carbocycles. The lowest BCUT2D eigenvalue weighted by molar-refractivity contribution is -0.122. The average molecular weight is 482 g/mol. The molecule has 2 aromatic carbocycles. The Labute approximate surface area is 204 Å². The molecule has 3 aromatic rings. The van der Waals surface area contributed by atoms with Crippen LogP contribution in [-0.4, -0.2) is 42.5 Å². The highest BCUT2D eigenvalue weighted by atomic mass is 35.5. The zero-order valence-electron chi connectivity index (χ0n) is 18.8. The number of rotatable bonds is 12. The molecule has 0 spiro atoms. The van der Waals surface area contributed by atoms with Crippen LogP contribution in [0.15, 0.2) is 71.3 Å². The van der Waals surface area contributed by atoms with Gasteiger partial charge in [-0.15, -0.1) is 0 Å². The molecule has 7 nitrogen and oxygen atoms in total. The van der Waals surface area contributed by atoms with E-state index < -0.39 is 0 Å². The molecule has 4 rings (SSSR count). The maximum atomic E-state index is 12.6. The minimum absolute atomic E-state index is 0.0401. The summed E-state index contributed by atoms with van der Waals surface area (Å²) < 4.78 is 11.1. The topological polar surface area (TPSA) is 83.8 Å². The van der Waals surface area contributed by atoms with Gasteiger partial charge >= 0.3 is 0 Å². The van der Waals surface area contributed by atoms with E-state index in [-0.39, 0.29) is 18.4 Å². The van der Waals surface area contributed by atoms with Gasteiger partial charge in [0, 0.05) is 23.2 Å². The van der Waals surface area contributed by atoms with Crippen molar-refractivity contribution in [3.05, 3.63) is 88.8 Å². The largest absolute Gasteiger partial charge is 0.492 e. The molecule has 8 heteroatoms. The molecule has 34 heavy (non-hydrogen) atoms. The first-order valence-electron chi connectivity index (χ1n) is 11.3. The van der Waals surface area contributed by atoms with Crippen molar-refractivity contribution < 1.29 is 18.7 Å². The average Bonchev–Trinajstić information content (AvgIpc) is 3.50. The summed E-state index contributed by atoms with van der Waals surface area (Å²) in [6.07, 6.45) is 3.73. The Morgan fingerprint density at radius 3 is 2.47 bits per heavy atom. The van der Waals surface area contributed by atoms with Crippen LogP contribution in [0.1, 0.15) is 34.5 Å². The van der Waals surface area contributed by atoms with Gasteiger partial charge in [0.15, 0.2) is 0 Å². The molecule has 0 bridgehead atoms. The third kappa shape index (κ3) is 7.64. The second kappa shape index (κ2) is 11.7. The fraction of sp³-hybridized carbons (Fsp3) is 0.308. The van der Waals surface area contributed by atoms with Crippen molar-refractivity contribution in [2.24, 2.45) is 0 Å². The van der Waals surface area contributed by atoms with Gasteiger partial charge in [-0.25, -0.2) is 0 Å². The van der Waals surface area contributed by atoms with Gasteiger partial charge in [-0.3, -0.25) is 14.5 Å². The van der Waals surface area contributed by atoms with E-state index in [0.717, 1.165) is 24.2 Å². The van der Waals surface area contributed by atoms with Crippen LogP contribution in [0, 0.1) is 0 Å². The van der Waals surface area contributed by atoms with Crippen molar-refractivity contribution >= 4 is 23.4 Å². The van der Waals surface area contributed by atoms with Crippen molar-refractivity contribution in [1.29, 1.82) is 0 Å². The van der Waals surface area contributed by atoms with E-state index in [9.17, 15) is 9.59 Å². The first-order chi connectivity index (χ1) is 16.5. The lowest BCUT2D eigenvalue weighted by Gasteiger charge is -2.21. The minimum atomic E-state index is -0.105. The fourth-order valence-electron chi connectivity index (χ4n) is 3.46. The summed E-state index contributed by atoms with van der Waals surface area (Å²) in [4.78, 5) is 26.8. The lowest BCUT2D eigenvalue weighted by atomic mass is 10.1. The van der Waals surface area contributed by atoms with Gasteiger partial charge in [0.05, 0.1) is 25.9 Å². The SMILES string of the molecule is O=C(CN(Cc1ccc(C(=O)NC2CC2)cc1)Cc1ccco1)NCCOc1ccc(Cl)cc1. The third-order valence-electron chi connectivity index (χ3n) is 5.37.